The largest absolute Gasteiger partial charge is 0.495 e. The van der Waals surface area contributed by atoms with E-state index in [0.29, 0.717) is 33.0 Å². The van der Waals surface area contributed by atoms with E-state index in [4.69, 9.17) is 32.7 Å². The zero-order chi connectivity index (χ0) is 13.8. The number of ether oxygens (including phenoxy) is 2. The SMILES string of the molecule is COc1cc(OC)c(Nc2ccc(Cl)cn2)cc1Cl. The number of nitrogens with one attached hydrogen (secondary N) is 1. The number of benzene rings is 1. The molecular weight excluding hydrogens is 287 g/mol. The number of rotatable bonds is 4. The summed E-state index contributed by atoms with van der Waals surface area (Å²) in [6.07, 6.45) is 1.56. The maximum atomic E-state index is 6.09. The van der Waals surface area contributed by atoms with Crippen LogP contribution in [0, 0.1) is 0 Å². The van der Waals surface area contributed by atoms with Crippen molar-refractivity contribution in [3.63, 3.8) is 0 Å². The molecule has 0 amide bonds. The first-order chi connectivity index (χ1) is 9.13. The maximum absolute atomic E-state index is 6.09. The molecule has 19 heavy (non-hydrogen) atoms. The molecule has 0 aliphatic heterocycles. The molecule has 2 rings (SSSR count). The van der Waals surface area contributed by atoms with Gasteiger partial charge in [0.25, 0.3) is 0 Å². The van der Waals surface area contributed by atoms with E-state index in [9.17, 15) is 0 Å². The van der Waals surface area contributed by atoms with Crippen LogP contribution in [0.1, 0.15) is 0 Å². The molecule has 0 fully saturated rings. The van der Waals surface area contributed by atoms with Gasteiger partial charge < -0.3 is 14.8 Å². The Bertz CT molecular complexity index is 574. The van der Waals surface area contributed by atoms with Gasteiger partial charge in [-0.25, -0.2) is 4.98 Å². The van der Waals surface area contributed by atoms with E-state index in [0.717, 1.165) is 0 Å². The van der Waals surface area contributed by atoms with Crippen LogP contribution in [0.25, 0.3) is 0 Å². The molecule has 0 atom stereocenters. The Morgan fingerprint density at radius 1 is 1.05 bits per heavy atom. The molecule has 0 aliphatic carbocycles. The average Bonchev–Trinajstić information content (AvgIpc) is 2.42. The Labute approximate surface area is 121 Å². The average molecular weight is 299 g/mol. The molecule has 100 valence electrons. The van der Waals surface area contributed by atoms with E-state index in [-0.39, 0.29) is 0 Å². The van der Waals surface area contributed by atoms with Gasteiger partial charge in [-0.1, -0.05) is 23.2 Å². The highest BCUT2D eigenvalue weighted by Gasteiger charge is 2.10. The number of halogens is 2. The Hall–Kier alpha value is -1.65. The van der Waals surface area contributed by atoms with Crippen LogP contribution in [-0.4, -0.2) is 19.2 Å². The maximum Gasteiger partial charge on any atom is 0.146 e. The van der Waals surface area contributed by atoms with Crippen LogP contribution < -0.4 is 14.8 Å². The van der Waals surface area contributed by atoms with Crippen LogP contribution >= 0.6 is 23.2 Å². The molecule has 1 aromatic carbocycles. The van der Waals surface area contributed by atoms with Crippen molar-refractivity contribution in [1.82, 2.24) is 4.98 Å². The fourth-order valence-electron chi connectivity index (χ4n) is 1.55. The Balaban J connectivity index is 2.33. The van der Waals surface area contributed by atoms with Gasteiger partial charge in [0, 0.05) is 12.3 Å². The lowest BCUT2D eigenvalue weighted by Gasteiger charge is -2.13. The highest BCUT2D eigenvalue weighted by atomic mass is 35.5. The Kier molecular flexibility index (Phi) is 4.35. The van der Waals surface area contributed by atoms with Crippen molar-refractivity contribution < 1.29 is 9.47 Å². The first-order valence-electron chi connectivity index (χ1n) is 5.44. The van der Waals surface area contributed by atoms with E-state index >= 15 is 0 Å². The molecule has 0 radical (unpaired) electrons. The van der Waals surface area contributed by atoms with Gasteiger partial charge in [0.05, 0.1) is 30.0 Å². The second kappa shape index (κ2) is 5.99. The van der Waals surface area contributed by atoms with Crippen LogP contribution in [0.2, 0.25) is 10.0 Å². The van der Waals surface area contributed by atoms with E-state index in [1.54, 1.807) is 44.7 Å². The second-order valence-electron chi connectivity index (χ2n) is 3.67. The van der Waals surface area contributed by atoms with Gasteiger partial charge in [0.1, 0.15) is 17.3 Å². The van der Waals surface area contributed by atoms with E-state index in [1.807, 2.05) is 0 Å². The minimum Gasteiger partial charge on any atom is -0.495 e. The van der Waals surface area contributed by atoms with Crippen molar-refractivity contribution in [2.24, 2.45) is 0 Å². The Morgan fingerprint density at radius 2 is 1.79 bits per heavy atom. The van der Waals surface area contributed by atoms with Crippen molar-refractivity contribution in [1.29, 1.82) is 0 Å². The fourth-order valence-corrected chi connectivity index (χ4v) is 1.90. The first-order valence-corrected chi connectivity index (χ1v) is 6.19. The summed E-state index contributed by atoms with van der Waals surface area (Å²) in [5.41, 5.74) is 0.697. The summed E-state index contributed by atoms with van der Waals surface area (Å²) < 4.78 is 10.4. The zero-order valence-corrected chi connectivity index (χ0v) is 11.9. The quantitative estimate of drug-likeness (QED) is 0.921. The summed E-state index contributed by atoms with van der Waals surface area (Å²) in [6, 6.07) is 6.94. The third-order valence-corrected chi connectivity index (χ3v) is 2.98. The normalized spacial score (nSPS) is 10.1. The van der Waals surface area contributed by atoms with Crippen LogP contribution in [0.5, 0.6) is 11.5 Å². The number of hydrogen-bond donors (Lipinski definition) is 1. The minimum absolute atomic E-state index is 0.486. The van der Waals surface area contributed by atoms with Crippen molar-refractivity contribution in [2.45, 2.75) is 0 Å². The summed E-state index contributed by atoms with van der Waals surface area (Å²) in [7, 11) is 3.12. The summed E-state index contributed by atoms with van der Waals surface area (Å²) in [5.74, 6) is 1.80. The summed E-state index contributed by atoms with van der Waals surface area (Å²) in [4.78, 5) is 4.15. The molecule has 1 heterocycles. The molecule has 0 bridgehead atoms. The molecule has 2 aromatic rings. The van der Waals surface area contributed by atoms with Crippen molar-refractivity contribution >= 4 is 34.7 Å². The number of aromatic nitrogens is 1. The first kappa shape index (κ1) is 13.8. The number of methoxy groups -OCH3 is 2. The van der Waals surface area contributed by atoms with Crippen molar-refractivity contribution in [3.05, 3.63) is 40.5 Å². The zero-order valence-electron chi connectivity index (χ0n) is 10.4. The van der Waals surface area contributed by atoms with Crippen LogP contribution in [0.4, 0.5) is 11.5 Å². The molecule has 4 nitrogen and oxygen atoms in total. The predicted molar refractivity (Wildman–Crippen MR) is 77.1 cm³/mol. The van der Waals surface area contributed by atoms with E-state index < -0.39 is 0 Å². The highest BCUT2D eigenvalue weighted by molar-refractivity contribution is 6.32. The van der Waals surface area contributed by atoms with Gasteiger partial charge >= 0.3 is 0 Å². The van der Waals surface area contributed by atoms with Crippen molar-refractivity contribution in [2.75, 3.05) is 19.5 Å². The molecule has 0 aliphatic rings. The summed E-state index contributed by atoms with van der Waals surface area (Å²) >= 11 is 11.9. The molecule has 0 saturated heterocycles. The number of nitrogens with zero attached hydrogens (tertiary/aromatic N) is 1. The molecule has 1 N–H and O–H groups in total. The Morgan fingerprint density at radius 3 is 2.37 bits per heavy atom. The smallest absolute Gasteiger partial charge is 0.146 e. The summed E-state index contributed by atoms with van der Waals surface area (Å²) in [5, 5.41) is 4.17. The van der Waals surface area contributed by atoms with E-state index in [2.05, 4.69) is 10.3 Å². The lowest BCUT2D eigenvalue weighted by molar-refractivity contribution is 0.396. The molecule has 0 unspecified atom stereocenters. The van der Waals surface area contributed by atoms with Crippen molar-refractivity contribution in [3.8, 4) is 11.5 Å². The van der Waals surface area contributed by atoms with Crippen LogP contribution in [-0.2, 0) is 0 Å². The van der Waals surface area contributed by atoms with Gasteiger partial charge in [-0.05, 0) is 18.2 Å². The van der Waals surface area contributed by atoms with Crippen LogP contribution in [0.3, 0.4) is 0 Å². The topological polar surface area (TPSA) is 43.4 Å². The molecule has 6 heteroatoms. The number of hydrogen-bond acceptors (Lipinski definition) is 4. The lowest BCUT2D eigenvalue weighted by atomic mass is 10.2. The standard InChI is InChI=1S/C13H12Cl2N2O2/c1-18-11-6-12(19-2)10(5-9(11)15)17-13-4-3-8(14)7-16-13/h3-7H,1-2H3,(H,16,17). The third-order valence-electron chi connectivity index (χ3n) is 2.46. The van der Waals surface area contributed by atoms with Crippen LogP contribution in [0.15, 0.2) is 30.5 Å². The minimum atomic E-state index is 0.486. The number of pyridine rings is 1. The number of anilines is 2. The van der Waals surface area contributed by atoms with Gasteiger partial charge in [-0.3, -0.25) is 0 Å². The molecule has 0 spiro atoms. The highest BCUT2D eigenvalue weighted by Crippen LogP contribution is 2.37. The van der Waals surface area contributed by atoms with Gasteiger partial charge in [0.15, 0.2) is 0 Å². The molecular formula is C13H12Cl2N2O2. The second-order valence-corrected chi connectivity index (χ2v) is 4.52. The summed E-state index contributed by atoms with van der Waals surface area (Å²) in [6.45, 7) is 0. The van der Waals surface area contributed by atoms with Gasteiger partial charge in [-0.2, -0.15) is 0 Å². The van der Waals surface area contributed by atoms with Gasteiger partial charge in [-0.15, -0.1) is 0 Å². The van der Waals surface area contributed by atoms with Gasteiger partial charge in [0.2, 0.25) is 0 Å². The predicted octanol–water partition coefficient (Wildman–Crippen LogP) is 4.15. The monoisotopic (exact) mass is 298 g/mol. The molecule has 0 saturated carbocycles. The molecule has 1 aromatic heterocycles. The lowest BCUT2D eigenvalue weighted by Crippen LogP contribution is -1.97. The van der Waals surface area contributed by atoms with E-state index in [1.165, 1.54) is 0 Å². The third kappa shape index (κ3) is 3.22. The fraction of sp³-hybridized carbons (Fsp3) is 0.154.